The first-order chi connectivity index (χ1) is 40.0. The molecule has 0 aromatic heterocycles. The second kappa shape index (κ2) is 25.6. The minimum absolute atomic E-state index is 0. The highest BCUT2D eigenvalue weighted by molar-refractivity contribution is 5.82. The number of rotatable bonds is 14. The Balaban J connectivity index is 0.000000288. The number of aliphatic hydroxyl groups excluding tert-OH is 2. The van der Waals surface area contributed by atoms with Gasteiger partial charge in [0.05, 0.1) is 23.4 Å². The van der Waals surface area contributed by atoms with Crippen molar-refractivity contribution in [2.75, 3.05) is 0 Å². The zero-order chi connectivity index (χ0) is 65.3. The average Bonchev–Trinajstić information content (AvgIpc) is 1.59. The maximum Gasteiger partial charge on any atom is 0.310 e. The van der Waals surface area contributed by atoms with E-state index in [0.29, 0.717) is 67.8 Å². The van der Waals surface area contributed by atoms with Gasteiger partial charge in [-0.3, -0.25) is 19.2 Å². The summed E-state index contributed by atoms with van der Waals surface area (Å²) in [6, 6.07) is 0. The molecule has 0 radical (unpaired) electrons. The smallest absolute Gasteiger partial charge is 0.310 e. The topological polar surface area (TPSA) is 177 Å². The lowest BCUT2D eigenvalue weighted by molar-refractivity contribution is -0.157. The van der Waals surface area contributed by atoms with Crippen molar-refractivity contribution in [3.8, 4) is 0 Å². The summed E-state index contributed by atoms with van der Waals surface area (Å²) >= 11 is 0. The third kappa shape index (κ3) is 16.2. The normalized spacial score (nSPS) is 37.4. The molecule has 10 atom stereocenters. The van der Waals surface area contributed by atoms with E-state index < -0.39 is 74.8 Å². The lowest BCUT2D eigenvalue weighted by Crippen LogP contribution is -2.37. The van der Waals surface area contributed by atoms with Gasteiger partial charge in [-0.2, -0.15) is 0 Å². The van der Waals surface area contributed by atoms with Gasteiger partial charge < -0.3 is 34.6 Å². The highest BCUT2D eigenvalue weighted by Crippen LogP contribution is 2.71. The van der Waals surface area contributed by atoms with Gasteiger partial charge in [-0.1, -0.05) is 82.7 Å². The van der Waals surface area contributed by atoms with Crippen molar-refractivity contribution < 1.29 is 70.3 Å². The van der Waals surface area contributed by atoms with Crippen molar-refractivity contribution >= 4 is 23.9 Å². The first kappa shape index (κ1) is 47.2. The van der Waals surface area contributed by atoms with Crippen LogP contribution in [0.4, 0.5) is 0 Å². The molecule has 8 fully saturated rings. The Bertz CT molecular complexity index is 2630. The molecule has 0 amide bonds. The van der Waals surface area contributed by atoms with Crippen LogP contribution in [0.2, 0.25) is 0 Å². The van der Waals surface area contributed by atoms with E-state index >= 15 is 0 Å². The molecular weight excluding hydrogens is 957 g/mol. The van der Waals surface area contributed by atoms with Crippen LogP contribution in [0.5, 0.6) is 0 Å². The second-order valence-electron chi connectivity index (χ2n) is 24.6. The van der Waals surface area contributed by atoms with Crippen molar-refractivity contribution in [3.63, 3.8) is 0 Å². The predicted molar refractivity (Wildman–Crippen MR) is 301 cm³/mol. The minimum Gasteiger partial charge on any atom is -0.462 e. The Morgan fingerprint density at radius 2 is 1.08 bits per heavy atom. The molecule has 0 aliphatic heterocycles. The number of esters is 4. The van der Waals surface area contributed by atoms with Gasteiger partial charge in [0.2, 0.25) is 0 Å². The SMILES string of the molecule is C.CC(=O)OC(C)=O.[2H]C([2H])([2H])C(O)(CCCC1(C2CCC3/C(=C/C=C4/CC(O)C[C@H](O)C4=C)CCC[C@@]32C)CC1)C([2H])([2H])[2H].[2H]C([2H])([2H])C(O)(CCCC1(C2CCC3/C(=C/C=C4/CC(OC(C)=O)C[C@H](OC(C)=O)C4=C)CCC[C@@]32C)CC1)C([2H])([2H])[2H]. The van der Waals surface area contributed by atoms with Crippen molar-refractivity contribution in [2.45, 2.75) is 266 Å². The van der Waals surface area contributed by atoms with E-state index in [0.717, 1.165) is 119 Å². The molecule has 0 bridgehead atoms. The zero-order valence-electron chi connectivity index (χ0n) is 58.0. The quantitative estimate of drug-likeness (QED) is 0.0740. The number of carbonyl (C=O) groups is 4. The molecule has 8 saturated carbocycles. The second-order valence-corrected chi connectivity index (χ2v) is 24.6. The van der Waals surface area contributed by atoms with Crippen LogP contribution in [0.1, 0.15) is 247 Å². The number of hydrogen-bond donors (Lipinski definition) is 4. The van der Waals surface area contributed by atoms with Crippen LogP contribution in [0.25, 0.3) is 0 Å². The third-order valence-corrected chi connectivity index (χ3v) is 19.0. The van der Waals surface area contributed by atoms with Crippen LogP contribution < -0.4 is 0 Å². The molecule has 0 spiro atoms. The standard InChI is InChI=1S/C32H48O5.C28H44O3.C4H6O3.CH4/c1-21-25(19-26(36-22(2)33)20-28(21)37-23(3)34)11-10-24-9-7-15-31(6)27(24)12-13-29(31)32(17-18-32)16-8-14-30(4,5)35;1-19-21(17-22(29)18-24(19)30)9-8-20-7-5-13-27(4)23(20)10-11-25(27)28(15-16-28)14-6-12-26(2,3)31;1-3(5)7-4(2)6;/h10-11,26-29,35H,1,7-9,12-20H2,2-6H3;8-9,22-25,29-31H,1,5-7,10-18H2,2-4H3;1-2H3;1H4/b24-10+,25-11-;20-8+,21-9-;;/t26?,27?,28-,29?,31-;22?,23?,24-,25?,27-;;/m00../s1/i4D3,5D3;2D3,3D3;;. The number of fused-ring (bicyclic) bond motifs is 2. The summed E-state index contributed by atoms with van der Waals surface area (Å²) in [6.45, 7) is 6.30. The maximum absolute atomic E-state index is 11.7. The highest BCUT2D eigenvalue weighted by atomic mass is 16.6. The number of ether oxygens (including phenoxy) is 3. The van der Waals surface area contributed by atoms with Gasteiger partial charge in [0.15, 0.2) is 0 Å². The van der Waals surface area contributed by atoms with Crippen molar-refractivity contribution in [3.05, 3.63) is 70.9 Å². The van der Waals surface area contributed by atoms with Crippen LogP contribution in [-0.4, -0.2) is 79.9 Å². The van der Waals surface area contributed by atoms with Crippen molar-refractivity contribution in [1.29, 1.82) is 0 Å². The number of aliphatic hydroxyl groups is 4. The van der Waals surface area contributed by atoms with E-state index in [1.807, 2.05) is 0 Å². The summed E-state index contributed by atoms with van der Waals surface area (Å²) < 4.78 is 107. The summed E-state index contributed by atoms with van der Waals surface area (Å²) in [6.07, 6.45) is 25.0. The number of carbonyl (C=O) groups excluding carboxylic acids is 4. The molecule has 6 unspecified atom stereocenters. The van der Waals surface area contributed by atoms with Gasteiger partial charge in [0, 0.05) is 63.4 Å². The summed E-state index contributed by atoms with van der Waals surface area (Å²) in [4.78, 5) is 43.0. The molecule has 11 heteroatoms. The molecule has 8 rings (SSSR count). The van der Waals surface area contributed by atoms with E-state index in [-0.39, 0.29) is 54.0 Å². The molecule has 428 valence electrons. The van der Waals surface area contributed by atoms with E-state index in [9.17, 15) is 39.6 Å². The van der Waals surface area contributed by atoms with Gasteiger partial charge in [-0.15, -0.1) is 0 Å². The first-order valence-corrected chi connectivity index (χ1v) is 28.0. The molecule has 8 aliphatic rings. The van der Waals surface area contributed by atoms with Crippen molar-refractivity contribution in [2.24, 2.45) is 45.3 Å². The molecule has 8 aliphatic carbocycles. The fourth-order valence-corrected chi connectivity index (χ4v) is 15.5. The maximum atomic E-state index is 11.7. The monoisotopic (exact) mass is 1070 g/mol. The summed E-state index contributed by atoms with van der Waals surface area (Å²) in [5.41, 5.74) is 1.17. The van der Waals surface area contributed by atoms with Crippen LogP contribution in [0.3, 0.4) is 0 Å². The summed E-state index contributed by atoms with van der Waals surface area (Å²) in [5.74, 6) is -0.0543. The molecule has 0 aromatic rings. The molecule has 11 nitrogen and oxygen atoms in total. The van der Waals surface area contributed by atoms with Gasteiger partial charge in [0.1, 0.15) is 12.2 Å². The lowest BCUT2D eigenvalue weighted by atomic mass is 9.59. The Morgan fingerprint density at radius 3 is 1.47 bits per heavy atom. The largest absolute Gasteiger partial charge is 0.462 e. The molecular formula is C65H102O11. The zero-order valence-corrected chi connectivity index (χ0v) is 46.0. The molecule has 4 N–H and O–H groups in total. The third-order valence-electron chi connectivity index (χ3n) is 19.0. The predicted octanol–water partition coefficient (Wildman–Crippen LogP) is 13.6. The fourth-order valence-electron chi connectivity index (χ4n) is 15.5. The lowest BCUT2D eigenvalue weighted by Gasteiger charge is -2.45. The average molecular weight is 1070 g/mol. The fraction of sp³-hybridized carbons (Fsp3) is 0.754. The van der Waals surface area contributed by atoms with E-state index in [4.69, 9.17) is 25.9 Å². The van der Waals surface area contributed by atoms with Gasteiger partial charge in [-0.25, -0.2) is 0 Å². The van der Waals surface area contributed by atoms with Crippen LogP contribution >= 0.6 is 0 Å². The van der Waals surface area contributed by atoms with E-state index in [2.05, 4.69) is 56.0 Å². The highest BCUT2D eigenvalue weighted by Gasteiger charge is 2.62. The van der Waals surface area contributed by atoms with E-state index in [1.54, 1.807) is 0 Å². The number of allylic oxidation sites excluding steroid dienone is 6. The first-order valence-electron chi connectivity index (χ1n) is 34.0. The summed E-state index contributed by atoms with van der Waals surface area (Å²) in [5, 5.41) is 41.7. The Labute approximate surface area is 475 Å². The summed E-state index contributed by atoms with van der Waals surface area (Å²) in [7, 11) is 0. The molecule has 0 saturated heterocycles. The Morgan fingerprint density at radius 1 is 0.632 bits per heavy atom. The van der Waals surface area contributed by atoms with Crippen molar-refractivity contribution in [1.82, 2.24) is 0 Å². The minimum atomic E-state index is -2.98. The Hall–Kier alpha value is -3.64. The van der Waals surface area contributed by atoms with Crippen LogP contribution in [-0.2, 0) is 33.4 Å². The van der Waals surface area contributed by atoms with Gasteiger partial charge >= 0.3 is 23.9 Å². The van der Waals surface area contributed by atoms with Gasteiger partial charge in [-0.05, 0) is 217 Å². The molecule has 76 heavy (non-hydrogen) atoms. The molecule has 0 heterocycles. The number of hydrogen-bond acceptors (Lipinski definition) is 11. The van der Waals surface area contributed by atoms with E-state index in [1.165, 1.54) is 38.8 Å². The molecule has 0 aromatic carbocycles. The van der Waals surface area contributed by atoms with Gasteiger partial charge in [0.25, 0.3) is 0 Å². The Kier molecular flexibility index (Phi) is 15.9. The van der Waals surface area contributed by atoms with Crippen LogP contribution in [0.15, 0.2) is 70.9 Å². The van der Waals surface area contributed by atoms with Crippen LogP contribution in [0, 0.1) is 45.3 Å².